The van der Waals surface area contributed by atoms with Gasteiger partial charge < -0.3 is 10.8 Å². The van der Waals surface area contributed by atoms with Crippen LogP contribution in [0, 0.1) is 10.1 Å². The van der Waals surface area contributed by atoms with Gasteiger partial charge >= 0.3 is 0 Å². The summed E-state index contributed by atoms with van der Waals surface area (Å²) in [6, 6.07) is 10.6. The van der Waals surface area contributed by atoms with Crippen LogP contribution in [0.1, 0.15) is 0 Å². The Kier molecular flexibility index (Phi) is 4.12. The van der Waals surface area contributed by atoms with Crippen LogP contribution in [0.3, 0.4) is 0 Å². The van der Waals surface area contributed by atoms with E-state index in [4.69, 9.17) is 5.73 Å². The minimum Gasteiger partial charge on any atom is -0.507 e. The number of nitrogens with zero attached hydrogens (tertiary/aromatic N) is 1. The van der Waals surface area contributed by atoms with E-state index in [0.29, 0.717) is 16.8 Å². The van der Waals surface area contributed by atoms with Crippen molar-refractivity contribution in [2.75, 3.05) is 5.73 Å². The highest BCUT2D eigenvalue weighted by atomic mass is 35.5. The van der Waals surface area contributed by atoms with E-state index in [0.717, 1.165) is 0 Å². The number of nitro groups is 1. The van der Waals surface area contributed by atoms with E-state index < -0.39 is 4.92 Å². The SMILES string of the molecule is Cl.Nc1ccc(O)c(-c2ccc([N+](=O)[O-])cc2)c1. The number of phenolic OH excluding ortho intramolecular Hbond substituents is 1. The molecular formula is C12H11ClN2O3. The predicted molar refractivity (Wildman–Crippen MR) is 71.9 cm³/mol. The zero-order valence-corrected chi connectivity index (χ0v) is 10.1. The maximum atomic E-state index is 10.5. The number of non-ortho nitro benzene ring substituents is 1. The van der Waals surface area contributed by atoms with Crippen LogP contribution in [-0.2, 0) is 0 Å². The maximum absolute atomic E-state index is 10.5. The van der Waals surface area contributed by atoms with E-state index in [-0.39, 0.29) is 23.8 Å². The van der Waals surface area contributed by atoms with Crippen LogP contribution in [0.25, 0.3) is 11.1 Å². The largest absolute Gasteiger partial charge is 0.507 e. The standard InChI is InChI=1S/C12H10N2O3.ClH/c13-9-3-6-12(15)11(7-9)8-1-4-10(5-2-8)14(16)17;/h1-7,15H,13H2;1H. The molecule has 0 spiro atoms. The third kappa shape index (κ3) is 2.70. The molecule has 0 fully saturated rings. The summed E-state index contributed by atoms with van der Waals surface area (Å²) in [5.41, 5.74) is 7.40. The Morgan fingerprint density at radius 3 is 2.28 bits per heavy atom. The minimum atomic E-state index is -0.469. The molecule has 0 atom stereocenters. The first-order valence-electron chi connectivity index (χ1n) is 4.91. The molecule has 0 aliphatic carbocycles. The monoisotopic (exact) mass is 266 g/mol. The van der Waals surface area contributed by atoms with Gasteiger partial charge in [0.25, 0.3) is 5.69 Å². The molecule has 0 aliphatic heterocycles. The molecule has 6 heteroatoms. The van der Waals surface area contributed by atoms with Gasteiger partial charge in [0.15, 0.2) is 0 Å². The number of hydrogen-bond donors (Lipinski definition) is 2. The molecule has 0 unspecified atom stereocenters. The highest BCUT2D eigenvalue weighted by Crippen LogP contribution is 2.31. The minimum absolute atomic E-state index is 0. The number of nitro benzene ring substituents is 1. The molecule has 2 aromatic carbocycles. The fourth-order valence-electron chi connectivity index (χ4n) is 1.55. The Morgan fingerprint density at radius 1 is 1.11 bits per heavy atom. The highest BCUT2D eigenvalue weighted by Gasteiger charge is 2.08. The summed E-state index contributed by atoms with van der Waals surface area (Å²) in [6.45, 7) is 0. The molecule has 2 aromatic rings. The molecule has 3 N–H and O–H groups in total. The average Bonchev–Trinajstić information content (AvgIpc) is 2.32. The Labute approximate surface area is 109 Å². The molecule has 0 aliphatic rings. The van der Waals surface area contributed by atoms with Crippen LogP contribution in [0.2, 0.25) is 0 Å². The van der Waals surface area contributed by atoms with Crippen molar-refractivity contribution in [2.45, 2.75) is 0 Å². The second kappa shape index (κ2) is 5.37. The lowest BCUT2D eigenvalue weighted by atomic mass is 10.0. The van der Waals surface area contributed by atoms with Crippen molar-refractivity contribution in [3.8, 4) is 16.9 Å². The molecule has 0 bridgehead atoms. The summed E-state index contributed by atoms with van der Waals surface area (Å²) in [6.07, 6.45) is 0. The summed E-state index contributed by atoms with van der Waals surface area (Å²) in [5.74, 6) is 0.0908. The van der Waals surface area contributed by atoms with Crippen molar-refractivity contribution in [1.82, 2.24) is 0 Å². The quantitative estimate of drug-likeness (QED) is 0.378. The van der Waals surface area contributed by atoms with Crippen LogP contribution in [0.4, 0.5) is 11.4 Å². The molecule has 0 radical (unpaired) electrons. The van der Waals surface area contributed by atoms with Gasteiger partial charge in [-0.1, -0.05) is 0 Å². The first kappa shape index (κ1) is 13.8. The van der Waals surface area contributed by atoms with Crippen molar-refractivity contribution < 1.29 is 10.0 Å². The van der Waals surface area contributed by atoms with Crippen molar-refractivity contribution in [3.05, 3.63) is 52.6 Å². The molecule has 0 saturated carbocycles. The number of halogens is 1. The first-order chi connectivity index (χ1) is 8.08. The van der Waals surface area contributed by atoms with Crippen molar-refractivity contribution in [2.24, 2.45) is 0 Å². The Morgan fingerprint density at radius 2 is 1.72 bits per heavy atom. The van der Waals surface area contributed by atoms with Gasteiger partial charge in [-0.2, -0.15) is 0 Å². The smallest absolute Gasteiger partial charge is 0.269 e. The zero-order valence-electron chi connectivity index (χ0n) is 9.24. The van der Waals surface area contributed by atoms with Crippen LogP contribution in [0.15, 0.2) is 42.5 Å². The molecule has 0 aromatic heterocycles. The number of anilines is 1. The lowest BCUT2D eigenvalue weighted by Gasteiger charge is -2.05. The Balaban J connectivity index is 0.00000162. The normalized spacial score (nSPS) is 9.56. The third-order valence-corrected chi connectivity index (χ3v) is 2.41. The number of hydrogen-bond acceptors (Lipinski definition) is 4. The Bertz CT molecular complexity index is 570. The summed E-state index contributed by atoms with van der Waals surface area (Å²) in [4.78, 5) is 10.0. The third-order valence-electron chi connectivity index (χ3n) is 2.41. The number of phenols is 1. The maximum Gasteiger partial charge on any atom is 0.269 e. The molecule has 94 valence electrons. The molecule has 5 nitrogen and oxygen atoms in total. The first-order valence-corrected chi connectivity index (χ1v) is 4.91. The number of aromatic hydroxyl groups is 1. The second-order valence-electron chi connectivity index (χ2n) is 3.58. The van der Waals surface area contributed by atoms with E-state index in [1.165, 1.54) is 18.2 Å². The summed E-state index contributed by atoms with van der Waals surface area (Å²) in [7, 11) is 0. The number of nitrogen functional groups attached to an aromatic ring is 1. The lowest BCUT2D eigenvalue weighted by Crippen LogP contribution is -1.89. The number of benzene rings is 2. The second-order valence-corrected chi connectivity index (χ2v) is 3.58. The van der Waals surface area contributed by atoms with Gasteiger partial charge in [-0.15, -0.1) is 12.4 Å². The topological polar surface area (TPSA) is 89.4 Å². The van der Waals surface area contributed by atoms with E-state index in [1.807, 2.05) is 0 Å². The molecule has 0 saturated heterocycles. The molecule has 2 rings (SSSR count). The number of nitrogens with two attached hydrogens (primary N) is 1. The summed E-state index contributed by atoms with van der Waals surface area (Å²) >= 11 is 0. The van der Waals surface area contributed by atoms with Crippen molar-refractivity contribution in [3.63, 3.8) is 0 Å². The van der Waals surface area contributed by atoms with Crippen LogP contribution >= 0.6 is 12.4 Å². The lowest BCUT2D eigenvalue weighted by molar-refractivity contribution is -0.384. The zero-order chi connectivity index (χ0) is 12.4. The average molecular weight is 267 g/mol. The van der Waals surface area contributed by atoms with Crippen LogP contribution in [-0.4, -0.2) is 10.0 Å². The molecular weight excluding hydrogens is 256 g/mol. The summed E-state index contributed by atoms with van der Waals surface area (Å²) in [5, 5.41) is 20.2. The van der Waals surface area contributed by atoms with Crippen LogP contribution < -0.4 is 5.73 Å². The molecule has 0 heterocycles. The van der Waals surface area contributed by atoms with Crippen molar-refractivity contribution in [1.29, 1.82) is 0 Å². The van der Waals surface area contributed by atoms with Gasteiger partial charge in [-0.05, 0) is 35.9 Å². The van der Waals surface area contributed by atoms with E-state index >= 15 is 0 Å². The number of rotatable bonds is 2. The van der Waals surface area contributed by atoms with Gasteiger partial charge in [0.2, 0.25) is 0 Å². The summed E-state index contributed by atoms with van der Waals surface area (Å²) < 4.78 is 0. The van der Waals surface area contributed by atoms with E-state index in [9.17, 15) is 15.2 Å². The van der Waals surface area contributed by atoms with Crippen molar-refractivity contribution >= 4 is 23.8 Å². The van der Waals surface area contributed by atoms with Gasteiger partial charge in [0.05, 0.1) is 4.92 Å². The van der Waals surface area contributed by atoms with E-state index in [1.54, 1.807) is 24.3 Å². The Hall–Kier alpha value is -2.27. The predicted octanol–water partition coefficient (Wildman–Crippen LogP) is 2.97. The van der Waals surface area contributed by atoms with Gasteiger partial charge in [0.1, 0.15) is 5.75 Å². The van der Waals surface area contributed by atoms with E-state index in [2.05, 4.69) is 0 Å². The van der Waals surface area contributed by atoms with Gasteiger partial charge in [0, 0.05) is 23.4 Å². The van der Waals surface area contributed by atoms with Crippen LogP contribution in [0.5, 0.6) is 5.75 Å². The fraction of sp³-hybridized carbons (Fsp3) is 0. The van der Waals surface area contributed by atoms with Gasteiger partial charge in [-0.3, -0.25) is 10.1 Å². The fourth-order valence-corrected chi connectivity index (χ4v) is 1.55. The molecule has 0 amide bonds. The molecule has 18 heavy (non-hydrogen) atoms. The van der Waals surface area contributed by atoms with Gasteiger partial charge in [-0.25, -0.2) is 0 Å². The highest BCUT2D eigenvalue weighted by molar-refractivity contribution is 5.85.